The van der Waals surface area contributed by atoms with Crippen LogP contribution in [0.15, 0.2) is 0 Å². The number of rotatable bonds is 4. The van der Waals surface area contributed by atoms with E-state index in [9.17, 15) is 4.79 Å². The first-order chi connectivity index (χ1) is 7.91. The maximum atomic E-state index is 12.1. The number of amides is 1. The number of hydrogen-bond acceptors (Lipinski definition) is 3. The molecule has 0 saturated carbocycles. The summed E-state index contributed by atoms with van der Waals surface area (Å²) in [6.07, 6.45) is 2.47. The second-order valence-corrected chi connectivity index (χ2v) is 5.64. The van der Waals surface area contributed by atoms with Crippen LogP contribution in [0, 0.1) is 11.8 Å². The van der Waals surface area contributed by atoms with Crippen molar-refractivity contribution in [1.29, 1.82) is 0 Å². The molecule has 1 rings (SSSR count). The highest BCUT2D eigenvalue weighted by atomic mass is 35.5. The Balaban J connectivity index is 0. The molecule has 1 aliphatic heterocycles. The molecule has 0 bridgehead atoms. The van der Waals surface area contributed by atoms with Crippen molar-refractivity contribution in [3.63, 3.8) is 0 Å². The molecule has 2 N–H and O–H groups in total. The van der Waals surface area contributed by atoms with Crippen molar-refractivity contribution in [3.05, 3.63) is 0 Å². The van der Waals surface area contributed by atoms with Crippen LogP contribution in [-0.2, 0) is 4.79 Å². The van der Waals surface area contributed by atoms with Gasteiger partial charge in [-0.3, -0.25) is 4.79 Å². The number of halogens is 2. The molecule has 1 aliphatic rings. The number of nitrogens with two attached hydrogens (primary N) is 1. The third-order valence-corrected chi connectivity index (χ3v) is 3.81. The van der Waals surface area contributed by atoms with Gasteiger partial charge in [0, 0.05) is 26.2 Å². The molecular formula is C13H29Cl2N3O. The van der Waals surface area contributed by atoms with E-state index in [1.165, 1.54) is 19.4 Å². The fourth-order valence-corrected chi connectivity index (χ4v) is 2.47. The Morgan fingerprint density at radius 2 is 2.00 bits per heavy atom. The second-order valence-electron chi connectivity index (χ2n) is 5.64. The normalized spacial score (nSPS) is 22.7. The number of nitrogens with zero attached hydrogens (tertiary/aromatic N) is 2. The van der Waals surface area contributed by atoms with Crippen molar-refractivity contribution < 1.29 is 4.79 Å². The van der Waals surface area contributed by atoms with E-state index in [-0.39, 0.29) is 42.7 Å². The van der Waals surface area contributed by atoms with Crippen molar-refractivity contribution in [2.24, 2.45) is 17.6 Å². The first kappa shape index (κ1) is 21.3. The van der Waals surface area contributed by atoms with Crippen molar-refractivity contribution in [2.75, 3.05) is 33.7 Å². The van der Waals surface area contributed by atoms with Crippen LogP contribution in [0.5, 0.6) is 0 Å². The highest BCUT2D eigenvalue weighted by molar-refractivity contribution is 5.85. The van der Waals surface area contributed by atoms with E-state index in [2.05, 4.69) is 11.9 Å². The van der Waals surface area contributed by atoms with Gasteiger partial charge in [-0.25, -0.2) is 0 Å². The predicted molar refractivity (Wildman–Crippen MR) is 85.2 cm³/mol. The van der Waals surface area contributed by atoms with E-state index in [0.29, 0.717) is 5.92 Å². The number of piperidine rings is 1. The van der Waals surface area contributed by atoms with Crippen LogP contribution in [0.3, 0.4) is 0 Å². The number of likely N-dealkylation sites (tertiary alicyclic amines) is 1. The molecule has 0 radical (unpaired) electrons. The molecule has 6 heteroatoms. The van der Waals surface area contributed by atoms with Gasteiger partial charge in [-0.05, 0) is 39.3 Å². The lowest BCUT2D eigenvalue weighted by Crippen LogP contribution is -2.44. The molecule has 0 aromatic carbocycles. The second kappa shape index (κ2) is 9.81. The highest BCUT2D eigenvalue weighted by Gasteiger charge is 2.24. The third-order valence-electron chi connectivity index (χ3n) is 3.81. The Morgan fingerprint density at radius 3 is 2.47 bits per heavy atom. The average Bonchev–Trinajstić information content (AvgIpc) is 2.26. The maximum absolute atomic E-state index is 12.1. The fraction of sp³-hybridized carbons (Fsp3) is 0.923. The molecule has 1 fully saturated rings. The Morgan fingerprint density at radius 1 is 1.42 bits per heavy atom. The molecule has 0 aliphatic carbocycles. The molecule has 3 atom stereocenters. The summed E-state index contributed by atoms with van der Waals surface area (Å²) in [4.78, 5) is 16.3. The van der Waals surface area contributed by atoms with Gasteiger partial charge in [-0.2, -0.15) is 0 Å². The van der Waals surface area contributed by atoms with Gasteiger partial charge in [0.25, 0.3) is 0 Å². The third kappa shape index (κ3) is 6.80. The van der Waals surface area contributed by atoms with E-state index in [1.807, 2.05) is 25.8 Å². The average molecular weight is 314 g/mol. The SMILES string of the molecule is CC(N)C(C)C(=O)N(C)CC1CCCN(C)C1.Cl.Cl. The first-order valence-corrected chi connectivity index (χ1v) is 6.61. The largest absolute Gasteiger partial charge is 0.345 e. The van der Waals surface area contributed by atoms with E-state index < -0.39 is 0 Å². The first-order valence-electron chi connectivity index (χ1n) is 6.61. The van der Waals surface area contributed by atoms with Gasteiger partial charge in [0.15, 0.2) is 0 Å². The van der Waals surface area contributed by atoms with Crippen molar-refractivity contribution in [2.45, 2.75) is 32.7 Å². The van der Waals surface area contributed by atoms with Crippen LogP contribution >= 0.6 is 24.8 Å². The number of carbonyl (C=O) groups excluding carboxylic acids is 1. The summed E-state index contributed by atoms with van der Waals surface area (Å²) < 4.78 is 0. The van der Waals surface area contributed by atoms with E-state index in [1.54, 1.807) is 0 Å². The van der Waals surface area contributed by atoms with Crippen LogP contribution in [0.4, 0.5) is 0 Å². The summed E-state index contributed by atoms with van der Waals surface area (Å²) in [5.74, 6) is 0.706. The van der Waals surface area contributed by atoms with Gasteiger partial charge in [0.1, 0.15) is 0 Å². The fourth-order valence-electron chi connectivity index (χ4n) is 2.47. The molecule has 1 saturated heterocycles. The summed E-state index contributed by atoms with van der Waals surface area (Å²) in [6.45, 7) is 6.95. The lowest BCUT2D eigenvalue weighted by Gasteiger charge is -2.33. The monoisotopic (exact) mass is 313 g/mol. The molecule has 116 valence electrons. The van der Waals surface area contributed by atoms with E-state index in [0.717, 1.165) is 13.1 Å². The van der Waals surface area contributed by atoms with Gasteiger partial charge >= 0.3 is 0 Å². The molecule has 19 heavy (non-hydrogen) atoms. The molecule has 0 aromatic rings. The quantitative estimate of drug-likeness (QED) is 0.858. The van der Waals surface area contributed by atoms with Crippen LogP contribution in [0.25, 0.3) is 0 Å². The van der Waals surface area contributed by atoms with Crippen LogP contribution in [-0.4, -0.2) is 55.5 Å². The van der Waals surface area contributed by atoms with Crippen molar-refractivity contribution in [1.82, 2.24) is 9.80 Å². The smallest absolute Gasteiger partial charge is 0.226 e. The van der Waals surface area contributed by atoms with Crippen molar-refractivity contribution in [3.8, 4) is 0 Å². The van der Waals surface area contributed by atoms with Crippen LogP contribution in [0.1, 0.15) is 26.7 Å². The zero-order valence-electron chi connectivity index (χ0n) is 12.5. The van der Waals surface area contributed by atoms with Crippen molar-refractivity contribution >= 4 is 30.7 Å². The summed E-state index contributed by atoms with van der Waals surface area (Å²) in [6, 6.07) is -0.0704. The molecule has 1 amide bonds. The van der Waals surface area contributed by atoms with Gasteiger partial charge in [0.2, 0.25) is 5.91 Å². The summed E-state index contributed by atoms with van der Waals surface area (Å²) >= 11 is 0. The summed E-state index contributed by atoms with van der Waals surface area (Å²) in [7, 11) is 4.05. The van der Waals surface area contributed by atoms with Gasteiger partial charge < -0.3 is 15.5 Å². The molecule has 3 unspecified atom stereocenters. The van der Waals surface area contributed by atoms with Gasteiger partial charge in [0.05, 0.1) is 5.92 Å². The lowest BCUT2D eigenvalue weighted by molar-refractivity contribution is -0.134. The zero-order chi connectivity index (χ0) is 13.0. The standard InChI is InChI=1S/C13H27N3O.2ClH/c1-10(11(2)14)13(17)16(4)9-12-6-5-7-15(3)8-12;;/h10-12H,5-9,14H2,1-4H3;2*1H. The minimum absolute atomic E-state index is 0. The topological polar surface area (TPSA) is 49.6 Å². The van der Waals surface area contributed by atoms with Gasteiger partial charge in [-0.1, -0.05) is 6.92 Å². The number of carbonyl (C=O) groups is 1. The predicted octanol–water partition coefficient (Wildman–Crippen LogP) is 1.61. The number of hydrogen-bond donors (Lipinski definition) is 1. The summed E-state index contributed by atoms with van der Waals surface area (Å²) in [5.41, 5.74) is 5.77. The Bertz CT molecular complexity index is 264. The Hall–Kier alpha value is -0.0300. The van der Waals surface area contributed by atoms with E-state index >= 15 is 0 Å². The molecule has 1 heterocycles. The molecule has 0 spiro atoms. The molecule has 0 aromatic heterocycles. The Labute approximate surface area is 129 Å². The zero-order valence-corrected chi connectivity index (χ0v) is 14.1. The van der Waals surface area contributed by atoms with Gasteiger partial charge in [-0.15, -0.1) is 24.8 Å². The summed E-state index contributed by atoms with van der Waals surface area (Å²) in [5, 5.41) is 0. The minimum Gasteiger partial charge on any atom is -0.345 e. The highest BCUT2D eigenvalue weighted by Crippen LogP contribution is 2.17. The lowest BCUT2D eigenvalue weighted by atomic mass is 9.97. The maximum Gasteiger partial charge on any atom is 0.226 e. The Kier molecular flexibility index (Phi) is 11.0. The molecule has 4 nitrogen and oxygen atoms in total. The van der Waals surface area contributed by atoms with E-state index in [4.69, 9.17) is 5.73 Å². The van der Waals surface area contributed by atoms with Crippen LogP contribution < -0.4 is 5.73 Å². The molecular weight excluding hydrogens is 285 g/mol. The van der Waals surface area contributed by atoms with Crippen LogP contribution in [0.2, 0.25) is 0 Å². The minimum atomic E-state index is -0.0821.